The Bertz CT molecular complexity index is 1250. The summed E-state index contributed by atoms with van der Waals surface area (Å²) in [6, 6.07) is 7.10. The molecule has 0 unspecified atom stereocenters. The minimum Gasteiger partial charge on any atom is -0.497 e. The zero-order valence-electron chi connectivity index (χ0n) is 21.4. The van der Waals surface area contributed by atoms with Crippen LogP contribution < -0.4 is 10.5 Å². The number of pyridine rings is 1. The molecule has 1 aliphatic heterocycles. The molecule has 206 valence electrons. The number of ether oxygens (including phenoxy) is 1. The number of thioether (sulfide) groups is 1. The summed E-state index contributed by atoms with van der Waals surface area (Å²) in [7, 11) is 1.59. The van der Waals surface area contributed by atoms with Crippen molar-refractivity contribution in [2.75, 3.05) is 39.1 Å². The van der Waals surface area contributed by atoms with Gasteiger partial charge in [0.15, 0.2) is 11.6 Å². The monoisotopic (exact) mass is 549 g/mol. The van der Waals surface area contributed by atoms with Crippen LogP contribution in [0, 0.1) is 22.9 Å². The Morgan fingerprint density at radius 2 is 1.95 bits per heavy atom. The summed E-state index contributed by atoms with van der Waals surface area (Å²) in [5.74, 6) is -1.84. The molecule has 6 nitrogen and oxygen atoms in total. The molecule has 3 aromatic rings. The van der Waals surface area contributed by atoms with Crippen LogP contribution >= 0.6 is 11.8 Å². The zero-order valence-corrected chi connectivity index (χ0v) is 22.2. The number of hydrogen-bond acceptors (Lipinski definition) is 7. The first-order chi connectivity index (χ1) is 18.3. The molecule has 0 aliphatic carbocycles. The summed E-state index contributed by atoms with van der Waals surface area (Å²) in [4.78, 5) is 6.64. The van der Waals surface area contributed by atoms with Gasteiger partial charge in [-0.1, -0.05) is 0 Å². The highest BCUT2D eigenvalue weighted by Crippen LogP contribution is 2.40. The van der Waals surface area contributed by atoms with Crippen molar-refractivity contribution in [3.8, 4) is 5.75 Å². The highest BCUT2D eigenvalue weighted by Gasteiger charge is 2.34. The summed E-state index contributed by atoms with van der Waals surface area (Å²) in [6.45, 7) is 2.37. The molecule has 38 heavy (non-hydrogen) atoms. The van der Waals surface area contributed by atoms with Crippen molar-refractivity contribution in [2.45, 2.75) is 43.2 Å². The smallest absolute Gasteiger partial charge is 0.172 e. The first kappa shape index (κ1) is 28.6. The maximum absolute atomic E-state index is 13.9. The highest BCUT2D eigenvalue weighted by molar-refractivity contribution is 7.99. The lowest BCUT2D eigenvalue weighted by Gasteiger charge is -2.41. The number of likely N-dealkylation sites (tertiary alicyclic amines) is 1. The predicted molar refractivity (Wildman–Crippen MR) is 143 cm³/mol. The molecule has 1 fully saturated rings. The van der Waals surface area contributed by atoms with Crippen LogP contribution in [0.4, 0.5) is 13.2 Å². The van der Waals surface area contributed by atoms with E-state index in [0.29, 0.717) is 37.0 Å². The molecule has 1 atom stereocenters. The third-order valence-electron chi connectivity index (χ3n) is 7.58. The van der Waals surface area contributed by atoms with Gasteiger partial charge in [-0.15, -0.1) is 11.8 Å². The first-order valence-electron chi connectivity index (χ1n) is 12.7. The number of halogens is 3. The van der Waals surface area contributed by atoms with Crippen LogP contribution in [0.5, 0.6) is 5.75 Å². The Kier molecular flexibility index (Phi) is 9.54. The Morgan fingerprint density at radius 1 is 1.18 bits per heavy atom. The van der Waals surface area contributed by atoms with Crippen LogP contribution in [0.25, 0.3) is 10.9 Å². The van der Waals surface area contributed by atoms with Crippen molar-refractivity contribution in [3.63, 3.8) is 0 Å². The number of aliphatic hydroxyl groups excluding tert-OH is 2. The number of fused-ring (bicyclic) bond motifs is 1. The molecule has 4 rings (SSSR count). The van der Waals surface area contributed by atoms with E-state index in [9.17, 15) is 23.4 Å². The van der Waals surface area contributed by atoms with Gasteiger partial charge in [0, 0.05) is 48.0 Å². The van der Waals surface area contributed by atoms with Gasteiger partial charge in [-0.2, -0.15) is 0 Å². The Labute approximate surface area is 225 Å². The SMILES string of the molecule is COc1ccc2ncc(CN)c([C@H](O)CCC3(CO)CCN(CCSc4cc(F)cc(F)c4F)CC3)c2c1. The fraction of sp³-hybridized carbons (Fsp3) is 0.464. The summed E-state index contributed by atoms with van der Waals surface area (Å²) < 4.78 is 46.1. The van der Waals surface area contributed by atoms with Crippen molar-refractivity contribution < 1.29 is 28.1 Å². The van der Waals surface area contributed by atoms with E-state index in [4.69, 9.17) is 10.5 Å². The summed E-state index contributed by atoms with van der Waals surface area (Å²) in [5.41, 5.74) is 7.93. The molecular weight excluding hydrogens is 515 g/mol. The van der Waals surface area contributed by atoms with E-state index in [1.54, 1.807) is 13.3 Å². The lowest BCUT2D eigenvalue weighted by molar-refractivity contribution is 0.0253. The first-order valence-corrected chi connectivity index (χ1v) is 13.7. The molecule has 4 N–H and O–H groups in total. The van der Waals surface area contributed by atoms with Gasteiger partial charge in [0.05, 0.1) is 18.7 Å². The Morgan fingerprint density at radius 3 is 2.63 bits per heavy atom. The fourth-order valence-corrected chi connectivity index (χ4v) is 6.15. The van der Waals surface area contributed by atoms with Crippen LogP contribution in [0.15, 0.2) is 41.4 Å². The third-order valence-corrected chi connectivity index (χ3v) is 8.57. The molecule has 2 aromatic carbocycles. The van der Waals surface area contributed by atoms with Crippen LogP contribution in [0.3, 0.4) is 0 Å². The van der Waals surface area contributed by atoms with Crippen molar-refractivity contribution in [3.05, 3.63) is 65.1 Å². The summed E-state index contributed by atoms with van der Waals surface area (Å²) >= 11 is 1.09. The van der Waals surface area contributed by atoms with Crippen LogP contribution in [-0.2, 0) is 6.54 Å². The molecule has 0 saturated carbocycles. The lowest BCUT2D eigenvalue weighted by atomic mass is 9.74. The number of nitrogens with zero attached hydrogens (tertiary/aromatic N) is 2. The second-order valence-corrected chi connectivity index (χ2v) is 11.0. The maximum atomic E-state index is 13.9. The molecule has 1 saturated heterocycles. The Hall–Kier alpha value is -2.37. The zero-order chi connectivity index (χ0) is 27.3. The molecule has 0 spiro atoms. The van der Waals surface area contributed by atoms with E-state index in [1.807, 2.05) is 18.2 Å². The van der Waals surface area contributed by atoms with Gasteiger partial charge in [0.25, 0.3) is 0 Å². The van der Waals surface area contributed by atoms with Crippen molar-refractivity contribution >= 4 is 22.7 Å². The minimum atomic E-state index is -1.18. The molecule has 0 radical (unpaired) electrons. The van der Waals surface area contributed by atoms with E-state index in [2.05, 4.69) is 9.88 Å². The number of nitrogens with two attached hydrogens (primary N) is 1. The molecule has 1 aromatic heterocycles. The van der Waals surface area contributed by atoms with Crippen molar-refractivity contribution in [1.29, 1.82) is 0 Å². The van der Waals surface area contributed by atoms with Crippen LogP contribution in [0.1, 0.15) is 42.9 Å². The van der Waals surface area contributed by atoms with E-state index in [-0.39, 0.29) is 23.5 Å². The number of aliphatic hydroxyl groups is 2. The average Bonchev–Trinajstić information content (AvgIpc) is 2.94. The average molecular weight is 550 g/mol. The van der Waals surface area contributed by atoms with Gasteiger partial charge in [0.1, 0.15) is 11.6 Å². The molecule has 0 bridgehead atoms. The van der Waals surface area contributed by atoms with E-state index < -0.39 is 23.6 Å². The fourth-order valence-electron chi connectivity index (χ4n) is 5.16. The van der Waals surface area contributed by atoms with Gasteiger partial charge in [0.2, 0.25) is 0 Å². The van der Waals surface area contributed by atoms with E-state index in [1.165, 1.54) is 0 Å². The molecular formula is C28H34F3N3O3S. The van der Waals surface area contributed by atoms with Gasteiger partial charge < -0.3 is 25.6 Å². The quantitative estimate of drug-likeness (QED) is 0.234. The highest BCUT2D eigenvalue weighted by atomic mass is 32.2. The molecule has 10 heteroatoms. The Balaban J connectivity index is 1.35. The molecule has 2 heterocycles. The number of piperidine rings is 1. The van der Waals surface area contributed by atoms with E-state index in [0.717, 1.165) is 65.8 Å². The number of aromatic nitrogens is 1. The molecule has 1 aliphatic rings. The predicted octanol–water partition coefficient (Wildman–Crippen LogP) is 4.80. The third kappa shape index (κ3) is 6.43. The number of hydrogen-bond donors (Lipinski definition) is 3. The van der Waals surface area contributed by atoms with Crippen LogP contribution in [-0.4, -0.2) is 59.2 Å². The number of methoxy groups -OCH3 is 1. The topological polar surface area (TPSA) is 91.8 Å². The normalized spacial score (nSPS) is 16.6. The lowest BCUT2D eigenvalue weighted by Crippen LogP contribution is -2.43. The molecule has 0 amide bonds. The number of rotatable bonds is 11. The van der Waals surface area contributed by atoms with E-state index >= 15 is 0 Å². The van der Waals surface area contributed by atoms with Crippen molar-refractivity contribution in [2.24, 2.45) is 11.1 Å². The number of benzene rings is 2. The van der Waals surface area contributed by atoms with Gasteiger partial charge in [-0.05, 0) is 79.6 Å². The van der Waals surface area contributed by atoms with Gasteiger partial charge >= 0.3 is 0 Å². The second-order valence-electron chi connectivity index (χ2n) is 9.89. The summed E-state index contributed by atoms with van der Waals surface area (Å²) in [5, 5.41) is 22.4. The van der Waals surface area contributed by atoms with Crippen LogP contribution in [0.2, 0.25) is 0 Å². The van der Waals surface area contributed by atoms with Gasteiger partial charge in [-0.25, -0.2) is 13.2 Å². The minimum absolute atomic E-state index is 0.0186. The van der Waals surface area contributed by atoms with Crippen molar-refractivity contribution in [1.82, 2.24) is 9.88 Å². The summed E-state index contributed by atoms with van der Waals surface area (Å²) in [6.07, 6.45) is 3.53. The largest absolute Gasteiger partial charge is 0.497 e. The second kappa shape index (κ2) is 12.7. The standard InChI is InChI=1S/C28H34F3N3O3S/c1-37-20-2-3-23-21(14-20)26(18(15-32)16-33-23)24(36)4-5-28(17-35)6-8-34(9-7-28)10-11-38-25-13-19(29)12-22(30)27(25)31/h2-3,12-14,16,24,35-36H,4-11,15,17,32H2,1H3/t24-/m1/s1. The van der Waals surface area contributed by atoms with Gasteiger partial charge in [-0.3, -0.25) is 4.98 Å². The maximum Gasteiger partial charge on any atom is 0.172 e.